The zero-order valence-corrected chi connectivity index (χ0v) is 9.89. The summed E-state index contributed by atoms with van der Waals surface area (Å²) in [5.41, 5.74) is 0. The smallest absolute Gasteiger partial charge is 0.122 e. The third kappa shape index (κ3) is 1.87. The van der Waals surface area contributed by atoms with Crippen molar-refractivity contribution in [2.24, 2.45) is 0 Å². The molecule has 1 fully saturated rings. The number of imidazole rings is 1. The van der Waals surface area contributed by atoms with Gasteiger partial charge in [0.05, 0.1) is 6.54 Å². The molecule has 0 amide bonds. The number of hydrogen-bond acceptors (Lipinski definition) is 3. The molecule has 3 heterocycles. The number of rotatable bonds is 1. The Labute approximate surface area is 96.7 Å². The minimum atomic E-state index is 0.697. The fraction of sp³-hybridized carbons (Fsp3) is 0.750. The fourth-order valence-corrected chi connectivity index (χ4v) is 2.80. The van der Waals surface area contributed by atoms with E-state index < -0.39 is 0 Å². The van der Waals surface area contributed by atoms with Gasteiger partial charge in [0, 0.05) is 44.1 Å². The summed E-state index contributed by atoms with van der Waals surface area (Å²) < 4.78 is 2.27. The molecule has 2 aliphatic rings. The molecule has 4 nitrogen and oxygen atoms in total. The second-order valence-electron chi connectivity index (χ2n) is 5.05. The molecule has 1 saturated heterocycles. The summed E-state index contributed by atoms with van der Waals surface area (Å²) in [7, 11) is 0. The average Bonchev–Trinajstić information content (AvgIpc) is 2.77. The van der Waals surface area contributed by atoms with Crippen LogP contribution in [0.15, 0.2) is 12.4 Å². The van der Waals surface area contributed by atoms with Gasteiger partial charge in [-0.2, -0.15) is 0 Å². The van der Waals surface area contributed by atoms with Crippen LogP contribution in [0.2, 0.25) is 0 Å². The average molecular weight is 220 g/mol. The maximum atomic E-state index is 4.42. The number of piperidine rings is 1. The summed E-state index contributed by atoms with van der Waals surface area (Å²) in [5.74, 6) is 1.23. The number of nitrogens with one attached hydrogen (secondary N) is 1. The van der Waals surface area contributed by atoms with Crippen LogP contribution in [0.1, 0.15) is 25.6 Å². The zero-order valence-electron chi connectivity index (χ0n) is 9.89. The van der Waals surface area contributed by atoms with Crippen molar-refractivity contribution in [3.8, 4) is 0 Å². The molecule has 88 valence electrons. The number of fused-ring (bicyclic) bond motifs is 1. The van der Waals surface area contributed by atoms with Crippen molar-refractivity contribution < 1.29 is 0 Å². The summed E-state index contributed by atoms with van der Waals surface area (Å²) >= 11 is 0. The monoisotopic (exact) mass is 220 g/mol. The van der Waals surface area contributed by atoms with E-state index in [-0.39, 0.29) is 0 Å². The lowest BCUT2D eigenvalue weighted by molar-refractivity contribution is 0.121. The highest BCUT2D eigenvalue weighted by Crippen LogP contribution is 2.19. The van der Waals surface area contributed by atoms with E-state index in [1.807, 2.05) is 6.20 Å². The molecule has 2 atom stereocenters. The van der Waals surface area contributed by atoms with Crippen molar-refractivity contribution >= 4 is 0 Å². The molecule has 0 radical (unpaired) electrons. The summed E-state index contributed by atoms with van der Waals surface area (Å²) in [5, 5.41) is 3.58. The van der Waals surface area contributed by atoms with Gasteiger partial charge in [-0.1, -0.05) is 0 Å². The molecule has 1 aromatic rings. The Balaban J connectivity index is 1.65. The normalized spacial score (nSPS) is 31.3. The van der Waals surface area contributed by atoms with Gasteiger partial charge in [-0.05, 0) is 19.8 Å². The van der Waals surface area contributed by atoms with E-state index in [2.05, 4.69) is 32.9 Å². The predicted molar refractivity (Wildman–Crippen MR) is 63.1 cm³/mol. The topological polar surface area (TPSA) is 33.1 Å². The van der Waals surface area contributed by atoms with E-state index in [1.165, 1.54) is 25.2 Å². The van der Waals surface area contributed by atoms with Gasteiger partial charge in [-0.25, -0.2) is 4.98 Å². The lowest BCUT2D eigenvalue weighted by atomic mass is 10.0. The number of nitrogens with zero attached hydrogens (tertiary/aromatic N) is 3. The van der Waals surface area contributed by atoms with Gasteiger partial charge >= 0.3 is 0 Å². The highest BCUT2D eigenvalue weighted by Gasteiger charge is 2.26. The minimum absolute atomic E-state index is 0.697. The van der Waals surface area contributed by atoms with Crippen molar-refractivity contribution in [1.82, 2.24) is 19.8 Å². The predicted octanol–water partition coefficient (Wildman–Crippen LogP) is 0.839. The van der Waals surface area contributed by atoms with Crippen LogP contribution in [0, 0.1) is 0 Å². The van der Waals surface area contributed by atoms with Crippen LogP contribution >= 0.6 is 0 Å². The second-order valence-corrected chi connectivity index (χ2v) is 5.05. The largest absolute Gasteiger partial charge is 0.333 e. The van der Waals surface area contributed by atoms with Gasteiger partial charge in [0.15, 0.2) is 0 Å². The summed E-state index contributed by atoms with van der Waals surface area (Å²) in [4.78, 5) is 7.00. The van der Waals surface area contributed by atoms with Gasteiger partial charge in [-0.3, -0.25) is 4.90 Å². The van der Waals surface area contributed by atoms with Crippen LogP contribution < -0.4 is 5.32 Å². The van der Waals surface area contributed by atoms with E-state index in [4.69, 9.17) is 0 Å². The van der Waals surface area contributed by atoms with Gasteiger partial charge in [0.2, 0.25) is 0 Å². The molecule has 16 heavy (non-hydrogen) atoms. The zero-order chi connectivity index (χ0) is 11.0. The molecule has 0 aromatic carbocycles. The Morgan fingerprint density at radius 3 is 3.12 bits per heavy atom. The molecule has 2 aliphatic heterocycles. The van der Waals surface area contributed by atoms with Gasteiger partial charge in [0.25, 0.3) is 0 Å². The number of aromatic nitrogens is 2. The molecular formula is C12H20N4. The first kappa shape index (κ1) is 10.3. The van der Waals surface area contributed by atoms with Crippen molar-refractivity contribution in [3.63, 3.8) is 0 Å². The lowest BCUT2D eigenvalue weighted by Crippen LogP contribution is -2.50. The first-order valence-corrected chi connectivity index (χ1v) is 6.30. The van der Waals surface area contributed by atoms with Crippen LogP contribution in [-0.2, 0) is 13.1 Å². The quantitative estimate of drug-likeness (QED) is 0.761. The van der Waals surface area contributed by atoms with Crippen molar-refractivity contribution in [3.05, 3.63) is 18.2 Å². The SMILES string of the molecule is CC1CCC(N2CCn3ccnc3C2)CN1. The Bertz CT molecular complexity index is 352. The summed E-state index contributed by atoms with van der Waals surface area (Å²) in [6, 6.07) is 1.41. The summed E-state index contributed by atoms with van der Waals surface area (Å²) in [6.07, 6.45) is 6.64. The first-order chi connectivity index (χ1) is 7.83. The van der Waals surface area contributed by atoms with Crippen molar-refractivity contribution in [2.45, 2.75) is 44.9 Å². The van der Waals surface area contributed by atoms with Crippen molar-refractivity contribution in [2.75, 3.05) is 13.1 Å². The highest BCUT2D eigenvalue weighted by molar-refractivity contribution is 4.97. The first-order valence-electron chi connectivity index (χ1n) is 6.30. The molecule has 3 rings (SSSR count). The van der Waals surface area contributed by atoms with Crippen LogP contribution in [-0.4, -0.2) is 39.6 Å². The van der Waals surface area contributed by atoms with E-state index in [1.54, 1.807) is 0 Å². The maximum absolute atomic E-state index is 4.42. The Hall–Kier alpha value is -0.870. The van der Waals surface area contributed by atoms with Gasteiger partial charge in [0.1, 0.15) is 5.82 Å². The van der Waals surface area contributed by atoms with Crippen molar-refractivity contribution in [1.29, 1.82) is 0 Å². The Morgan fingerprint density at radius 2 is 2.31 bits per heavy atom. The van der Waals surface area contributed by atoms with Crippen LogP contribution in [0.3, 0.4) is 0 Å². The minimum Gasteiger partial charge on any atom is -0.333 e. The maximum Gasteiger partial charge on any atom is 0.122 e. The molecule has 2 unspecified atom stereocenters. The third-order valence-electron chi connectivity index (χ3n) is 3.93. The molecular weight excluding hydrogens is 200 g/mol. The molecule has 0 saturated carbocycles. The van der Waals surface area contributed by atoms with Crippen LogP contribution in [0.5, 0.6) is 0 Å². The molecule has 0 aliphatic carbocycles. The Kier molecular flexibility index (Phi) is 2.69. The molecule has 1 N–H and O–H groups in total. The summed E-state index contributed by atoms with van der Waals surface area (Å²) in [6.45, 7) is 6.71. The van der Waals surface area contributed by atoms with E-state index in [0.717, 1.165) is 19.6 Å². The molecule has 0 spiro atoms. The van der Waals surface area contributed by atoms with E-state index >= 15 is 0 Å². The van der Waals surface area contributed by atoms with Gasteiger partial charge < -0.3 is 9.88 Å². The molecule has 0 bridgehead atoms. The van der Waals surface area contributed by atoms with Crippen LogP contribution in [0.4, 0.5) is 0 Å². The van der Waals surface area contributed by atoms with Crippen LogP contribution in [0.25, 0.3) is 0 Å². The molecule has 1 aromatic heterocycles. The molecule has 4 heteroatoms. The lowest BCUT2D eigenvalue weighted by Gasteiger charge is -2.38. The number of hydrogen-bond donors (Lipinski definition) is 1. The fourth-order valence-electron chi connectivity index (χ4n) is 2.80. The second kappa shape index (κ2) is 4.18. The van der Waals surface area contributed by atoms with E-state index in [0.29, 0.717) is 12.1 Å². The standard InChI is InChI=1S/C12H20N4/c1-10-2-3-11(8-14-10)16-7-6-15-5-4-13-12(15)9-16/h4-5,10-11,14H,2-3,6-9H2,1H3. The third-order valence-corrected chi connectivity index (χ3v) is 3.93. The van der Waals surface area contributed by atoms with E-state index in [9.17, 15) is 0 Å². The van der Waals surface area contributed by atoms with Gasteiger partial charge in [-0.15, -0.1) is 0 Å². The Morgan fingerprint density at radius 1 is 1.38 bits per heavy atom. The highest BCUT2D eigenvalue weighted by atomic mass is 15.3.